The van der Waals surface area contributed by atoms with E-state index in [0.29, 0.717) is 16.3 Å². The Bertz CT molecular complexity index is 856. The highest BCUT2D eigenvalue weighted by Gasteiger charge is 2.43. The van der Waals surface area contributed by atoms with Crippen LogP contribution in [0.5, 0.6) is 5.75 Å². The smallest absolute Gasteiger partial charge is 0.294 e. The second kappa shape index (κ2) is 6.61. The molecule has 0 saturated carbocycles. The number of carbonyl (C=O) groups is 2. The summed E-state index contributed by atoms with van der Waals surface area (Å²) < 4.78 is 0. The summed E-state index contributed by atoms with van der Waals surface area (Å²) in [5.74, 6) is -1.42. The number of anilines is 1. The Hall–Kier alpha value is -2.79. The van der Waals surface area contributed by atoms with Gasteiger partial charge >= 0.3 is 0 Å². The van der Waals surface area contributed by atoms with Crippen LogP contribution >= 0.6 is 11.6 Å². The molecule has 0 radical (unpaired) electrons. The Balaban J connectivity index is 2.16. The highest BCUT2D eigenvalue weighted by molar-refractivity contribution is 6.30. The number of hydrogen-bond donors (Lipinski definition) is 2. The van der Waals surface area contributed by atoms with Gasteiger partial charge in [-0.2, -0.15) is 0 Å². The number of carbonyl (C=O) groups excluding carboxylic acids is 2. The third-order valence-corrected chi connectivity index (χ3v) is 4.40. The molecular weight excluding hydrogens is 342 g/mol. The lowest BCUT2D eigenvalue weighted by molar-refractivity contribution is -0.118. The predicted octanol–water partition coefficient (Wildman–Crippen LogP) is 3.92. The largest absolute Gasteiger partial charge is 0.508 e. The summed E-state index contributed by atoms with van der Waals surface area (Å²) in [4.78, 5) is 26.4. The maximum Gasteiger partial charge on any atom is 0.294 e. The van der Waals surface area contributed by atoms with Crippen LogP contribution in [-0.4, -0.2) is 21.9 Å². The van der Waals surface area contributed by atoms with Crippen LogP contribution in [0.25, 0.3) is 0 Å². The minimum Gasteiger partial charge on any atom is -0.508 e. The predicted molar refractivity (Wildman–Crippen MR) is 94.7 cm³/mol. The van der Waals surface area contributed by atoms with Crippen LogP contribution in [0.3, 0.4) is 0 Å². The fourth-order valence-electron chi connectivity index (χ4n) is 2.92. The van der Waals surface area contributed by atoms with Crippen LogP contribution in [0.4, 0.5) is 5.69 Å². The summed E-state index contributed by atoms with van der Waals surface area (Å²) in [6, 6.07) is 12.0. The van der Waals surface area contributed by atoms with Crippen LogP contribution < -0.4 is 4.90 Å². The molecule has 1 amide bonds. The summed E-state index contributed by atoms with van der Waals surface area (Å²) >= 11 is 5.91. The first-order chi connectivity index (χ1) is 11.9. The second-order valence-electron chi connectivity index (χ2n) is 5.68. The SMILES string of the molecule is CCC(=O)C1=C(O)C(=O)N(c2ccc(Cl)cc2)C1c1ccc(O)cc1. The number of nitrogens with zero attached hydrogens (tertiary/aromatic N) is 1. The van der Waals surface area contributed by atoms with Gasteiger partial charge in [0, 0.05) is 17.1 Å². The quantitative estimate of drug-likeness (QED) is 0.869. The van der Waals surface area contributed by atoms with Crippen LogP contribution in [0.15, 0.2) is 59.9 Å². The Morgan fingerprint density at radius 3 is 2.24 bits per heavy atom. The van der Waals surface area contributed by atoms with Crippen molar-refractivity contribution in [3.05, 3.63) is 70.4 Å². The Morgan fingerprint density at radius 1 is 1.08 bits per heavy atom. The van der Waals surface area contributed by atoms with Gasteiger partial charge in [0.25, 0.3) is 5.91 Å². The molecule has 1 aliphatic heterocycles. The van der Waals surface area contributed by atoms with Gasteiger partial charge in [-0.1, -0.05) is 30.7 Å². The summed E-state index contributed by atoms with van der Waals surface area (Å²) in [7, 11) is 0. The van der Waals surface area contributed by atoms with Gasteiger partial charge in [0.2, 0.25) is 0 Å². The normalized spacial score (nSPS) is 17.3. The van der Waals surface area contributed by atoms with Crippen molar-refractivity contribution >= 4 is 29.0 Å². The molecule has 0 fully saturated rings. The lowest BCUT2D eigenvalue weighted by atomic mass is 9.95. The fourth-order valence-corrected chi connectivity index (χ4v) is 3.05. The van der Waals surface area contributed by atoms with Crippen molar-refractivity contribution < 1.29 is 19.8 Å². The summed E-state index contributed by atoms with van der Waals surface area (Å²) in [5, 5.41) is 20.4. The number of Topliss-reactive ketones (excluding diaryl/α,β-unsaturated/α-hetero) is 1. The average Bonchev–Trinajstić information content (AvgIpc) is 2.87. The average molecular weight is 358 g/mol. The lowest BCUT2D eigenvalue weighted by Crippen LogP contribution is -2.30. The van der Waals surface area contributed by atoms with E-state index in [4.69, 9.17) is 11.6 Å². The van der Waals surface area contributed by atoms with E-state index in [-0.39, 0.29) is 23.5 Å². The molecule has 1 atom stereocenters. The molecule has 128 valence electrons. The van der Waals surface area contributed by atoms with E-state index in [2.05, 4.69) is 0 Å². The van der Waals surface area contributed by atoms with E-state index >= 15 is 0 Å². The number of aliphatic hydroxyl groups excluding tert-OH is 1. The number of amides is 1. The van der Waals surface area contributed by atoms with E-state index in [1.807, 2.05) is 0 Å². The highest BCUT2D eigenvalue weighted by Crippen LogP contribution is 2.41. The van der Waals surface area contributed by atoms with Crippen LogP contribution in [-0.2, 0) is 9.59 Å². The second-order valence-corrected chi connectivity index (χ2v) is 6.12. The molecule has 0 saturated heterocycles. The van der Waals surface area contributed by atoms with Gasteiger partial charge < -0.3 is 10.2 Å². The Morgan fingerprint density at radius 2 is 1.68 bits per heavy atom. The maximum atomic E-state index is 12.7. The minimum absolute atomic E-state index is 0.0631. The van der Waals surface area contributed by atoms with Crippen molar-refractivity contribution in [2.75, 3.05) is 4.90 Å². The summed E-state index contributed by atoms with van der Waals surface area (Å²) in [6.07, 6.45) is 0.162. The van der Waals surface area contributed by atoms with Crippen molar-refractivity contribution in [3.8, 4) is 5.75 Å². The number of phenols is 1. The van der Waals surface area contributed by atoms with Gasteiger partial charge in [-0.3, -0.25) is 14.5 Å². The maximum absolute atomic E-state index is 12.7. The van der Waals surface area contributed by atoms with Crippen LogP contribution in [0.2, 0.25) is 5.02 Å². The van der Waals surface area contributed by atoms with Gasteiger partial charge in [-0.15, -0.1) is 0 Å². The van der Waals surface area contributed by atoms with E-state index < -0.39 is 17.7 Å². The molecule has 0 spiro atoms. The summed E-state index contributed by atoms with van der Waals surface area (Å²) in [6.45, 7) is 1.67. The molecule has 0 aromatic heterocycles. The first-order valence-corrected chi connectivity index (χ1v) is 8.16. The number of ketones is 1. The van der Waals surface area contributed by atoms with E-state index in [1.165, 1.54) is 17.0 Å². The van der Waals surface area contributed by atoms with Gasteiger partial charge in [-0.25, -0.2) is 0 Å². The molecule has 2 aromatic rings. The molecule has 1 aliphatic rings. The molecule has 6 heteroatoms. The van der Waals surface area contributed by atoms with Crippen molar-refractivity contribution in [2.24, 2.45) is 0 Å². The third-order valence-electron chi connectivity index (χ3n) is 4.14. The van der Waals surface area contributed by atoms with E-state index in [1.54, 1.807) is 43.3 Å². The molecule has 1 heterocycles. The molecule has 0 aliphatic carbocycles. The van der Waals surface area contributed by atoms with Crippen molar-refractivity contribution in [3.63, 3.8) is 0 Å². The number of halogens is 1. The van der Waals surface area contributed by atoms with E-state index in [0.717, 1.165) is 0 Å². The van der Waals surface area contributed by atoms with Gasteiger partial charge in [0.05, 0.1) is 11.6 Å². The zero-order valence-electron chi connectivity index (χ0n) is 13.4. The first kappa shape index (κ1) is 17.0. The first-order valence-electron chi connectivity index (χ1n) is 7.78. The number of hydrogen-bond acceptors (Lipinski definition) is 4. The number of aromatic hydroxyl groups is 1. The number of rotatable bonds is 4. The Kier molecular flexibility index (Phi) is 4.51. The minimum atomic E-state index is -0.762. The summed E-state index contributed by atoms with van der Waals surface area (Å²) in [5.41, 5.74) is 1.19. The monoisotopic (exact) mass is 357 g/mol. The number of phenolic OH excluding ortho intramolecular Hbond substituents is 1. The third kappa shape index (κ3) is 2.98. The highest BCUT2D eigenvalue weighted by atomic mass is 35.5. The van der Waals surface area contributed by atoms with Crippen molar-refractivity contribution in [2.45, 2.75) is 19.4 Å². The number of aliphatic hydroxyl groups is 1. The zero-order chi connectivity index (χ0) is 18.1. The molecule has 2 aromatic carbocycles. The van der Waals surface area contributed by atoms with Crippen molar-refractivity contribution in [1.82, 2.24) is 0 Å². The molecule has 2 N–H and O–H groups in total. The zero-order valence-corrected chi connectivity index (χ0v) is 14.2. The Labute approximate surface area is 149 Å². The molecule has 25 heavy (non-hydrogen) atoms. The standard InChI is InChI=1S/C19H16ClNO4/c1-2-15(23)16-17(11-3-9-14(22)10-4-11)21(19(25)18(16)24)13-7-5-12(20)6-8-13/h3-10,17,22,24H,2H2,1H3. The number of benzene rings is 2. The van der Waals surface area contributed by atoms with Gasteiger partial charge in [-0.05, 0) is 42.0 Å². The van der Waals surface area contributed by atoms with Gasteiger partial charge in [0.15, 0.2) is 11.5 Å². The molecule has 5 nitrogen and oxygen atoms in total. The molecule has 0 bridgehead atoms. The van der Waals surface area contributed by atoms with Gasteiger partial charge in [0.1, 0.15) is 5.75 Å². The van der Waals surface area contributed by atoms with Crippen LogP contribution in [0, 0.1) is 0 Å². The van der Waals surface area contributed by atoms with Crippen molar-refractivity contribution in [1.29, 1.82) is 0 Å². The fraction of sp³-hybridized carbons (Fsp3) is 0.158. The molecule has 1 unspecified atom stereocenters. The van der Waals surface area contributed by atoms with Crippen LogP contribution in [0.1, 0.15) is 24.9 Å². The topological polar surface area (TPSA) is 77.8 Å². The molecule has 3 rings (SSSR count). The molecular formula is C19H16ClNO4. The van der Waals surface area contributed by atoms with E-state index in [9.17, 15) is 19.8 Å². The lowest BCUT2D eigenvalue weighted by Gasteiger charge is -2.27.